The molecule has 10 heteroatoms. The Labute approximate surface area is 160 Å². The second-order valence-corrected chi connectivity index (χ2v) is 7.08. The Morgan fingerprint density at radius 3 is 2.89 bits per heavy atom. The molecular weight excluding hydrogens is 362 g/mol. The Hall–Kier alpha value is -3.27. The van der Waals surface area contributed by atoms with Crippen LogP contribution in [-0.4, -0.2) is 43.8 Å². The normalized spacial score (nSPS) is 20.1. The summed E-state index contributed by atoms with van der Waals surface area (Å²) < 4.78 is 0. The first-order valence-electron chi connectivity index (χ1n) is 9.10. The maximum Gasteiger partial charge on any atom is 0.255 e. The van der Waals surface area contributed by atoms with E-state index in [4.69, 9.17) is 5.73 Å². The lowest BCUT2D eigenvalue weighted by Gasteiger charge is -2.29. The average molecular weight is 383 g/mol. The number of hydrogen-bond acceptors (Lipinski definition) is 7. The number of aromatic nitrogens is 3. The molecule has 0 radical (unpaired) electrons. The largest absolute Gasteiger partial charge is 0.349 e. The molecule has 0 aliphatic carbocycles. The van der Waals surface area contributed by atoms with Gasteiger partial charge in [0.2, 0.25) is 17.8 Å². The van der Waals surface area contributed by atoms with E-state index in [9.17, 15) is 14.4 Å². The number of H-pyrrole nitrogens is 1. The number of rotatable bonds is 5. The third-order valence-corrected chi connectivity index (χ3v) is 4.98. The van der Waals surface area contributed by atoms with E-state index in [1.165, 1.54) is 4.90 Å². The molecule has 1 saturated heterocycles. The molecule has 28 heavy (non-hydrogen) atoms. The fraction of sp³-hybridized carbons (Fsp3) is 0.389. The van der Waals surface area contributed by atoms with Crippen molar-refractivity contribution >= 4 is 23.7 Å². The van der Waals surface area contributed by atoms with Gasteiger partial charge in [-0.3, -0.25) is 24.8 Å². The molecule has 0 saturated carbocycles. The van der Waals surface area contributed by atoms with Crippen LogP contribution in [0.2, 0.25) is 0 Å². The van der Waals surface area contributed by atoms with Gasteiger partial charge in [-0.25, -0.2) is 0 Å². The predicted octanol–water partition coefficient (Wildman–Crippen LogP) is 0.197. The molecule has 3 heterocycles. The second-order valence-electron chi connectivity index (χ2n) is 7.08. The smallest absolute Gasteiger partial charge is 0.255 e. The molecule has 10 nitrogen and oxygen atoms in total. The van der Waals surface area contributed by atoms with Gasteiger partial charge in [0.25, 0.3) is 5.91 Å². The number of nitrogens with two attached hydrogens (primary N) is 1. The number of anilines is 1. The molecule has 4 rings (SSSR count). The van der Waals surface area contributed by atoms with E-state index >= 15 is 0 Å². The average Bonchev–Trinajstić information content (AvgIpc) is 3.26. The van der Waals surface area contributed by atoms with Gasteiger partial charge in [-0.2, -0.15) is 4.98 Å². The van der Waals surface area contributed by atoms with Crippen LogP contribution in [0, 0.1) is 0 Å². The van der Waals surface area contributed by atoms with Crippen molar-refractivity contribution in [3.05, 3.63) is 40.7 Å². The number of carbonyl (C=O) groups is 3. The van der Waals surface area contributed by atoms with Crippen LogP contribution in [0.4, 0.5) is 5.95 Å². The highest BCUT2D eigenvalue weighted by Crippen LogP contribution is 2.28. The Morgan fingerprint density at radius 2 is 2.18 bits per heavy atom. The molecule has 0 bridgehead atoms. The number of fused-ring (bicyclic) bond motifs is 1. The Kier molecular flexibility index (Phi) is 4.55. The molecule has 2 aliphatic rings. The minimum atomic E-state index is -0.607. The number of nitrogens with one attached hydrogen (secondary N) is 3. The Bertz CT molecular complexity index is 952. The summed E-state index contributed by atoms with van der Waals surface area (Å²) in [6.45, 7) is 2.62. The Balaban J connectivity index is 1.45. The number of aromatic amines is 1. The monoisotopic (exact) mass is 383 g/mol. The molecule has 2 aliphatic heterocycles. The molecule has 2 unspecified atom stereocenters. The number of amides is 3. The second kappa shape index (κ2) is 7.04. The summed E-state index contributed by atoms with van der Waals surface area (Å²) in [5, 5.41) is 12.2. The molecule has 3 amide bonds. The lowest BCUT2D eigenvalue weighted by Crippen LogP contribution is -2.52. The van der Waals surface area contributed by atoms with Crippen molar-refractivity contribution in [2.75, 3.05) is 5.32 Å². The highest BCUT2D eigenvalue weighted by molar-refractivity contribution is 6.05. The highest BCUT2D eigenvalue weighted by Gasteiger charge is 2.39. The van der Waals surface area contributed by atoms with Crippen LogP contribution in [0.5, 0.6) is 0 Å². The molecule has 5 N–H and O–H groups in total. The molecule has 2 atom stereocenters. The maximum absolute atomic E-state index is 12.8. The van der Waals surface area contributed by atoms with Gasteiger partial charge >= 0.3 is 0 Å². The van der Waals surface area contributed by atoms with E-state index in [-0.39, 0.29) is 24.3 Å². The summed E-state index contributed by atoms with van der Waals surface area (Å²) in [4.78, 5) is 42.1. The van der Waals surface area contributed by atoms with Crippen molar-refractivity contribution in [3.8, 4) is 0 Å². The van der Waals surface area contributed by atoms with Crippen LogP contribution in [0.25, 0.3) is 0 Å². The molecule has 1 aromatic heterocycles. The summed E-state index contributed by atoms with van der Waals surface area (Å²) in [5.74, 6) is 0.131. The summed E-state index contributed by atoms with van der Waals surface area (Å²) in [6, 6.07) is 4.78. The summed E-state index contributed by atoms with van der Waals surface area (Å²) in [6.07, 6.45) is 0.595. The summed E-state index contributed by atoms with van der Waals surface area (Å²) in [5.41, 5.74) is 8.09. The quantitative estimate of drug-likeness (QED) is 0.539. The first-order valence-corrected chi connectivity index (χ1v) is 9.10. The standard InChI is InChI=1S/C18H21N7O3/c1-9(19)15-22-18(24-23-15)20-7-10-2-3-11-8-25(17(28)12(11)6-10)13-4-5-14(26)21-16(13)27/h2-3,6,9,13H,4-5,7-8,19H2,1H3,(H,21,26,27)(H2,20,22,23,24). The van der Waals surface area contributed by atoms with Crippen LogP contribution in [0.1, 0.15) is 53.1 Å². The number of imide groups is 1. The van der Waals surface area contributed by atoms with Crippen LogP contribution in [-0.2, 0) is 22.7 Å². The van der Waals surface area contributed by atoms with E-state index in [2.05, 4.69) is 25.8 Å². The number of carbonyl (C=O) groups excluding carboxylic acids is 3. The van der Waals surface area contributed by atoms with Gasteiger partial charge in [0, 0.05) is 25.1 Å². The van der Waals surface area contributed by atoms with Gasteiger partial charge in [-0.15, -0.1) is 5.10 Å². The zero-order valence-electron chi connectivity index (χ0n) is 15.4. The van der Waals surface area contributed by atoms with Crippen LogP contribution >= 0.6 is 0 Å². The molecular formula is C18H21N7O3. The SMILES string of the molecule is CC(N)c1nc(NCc2ccc3c(c2)C(=O)N(C2CCC(=O)NC2=O)C3)n[nH]1. The lowest BCUT2D eigenvalue weighted by molar-refractivity contribution is -0.136. The summed E-state index contributed by atoms with van der Waals surface area (Å²) in [7, 11) is 0. The van der Waals surface area contributed by atoms with Crippen molar-refractivity contribution in [1.29, 1.82) is 0 Å². The van der Waals surface area contributed by atoms with E-state index in [0.717, 1.165) is 11.1 Å². The van der Waals surface area contributed by atoms with E-state index in [0.29, 0.717) is 36.8 Å². The maximum atomic E-state index is 12.8. The number of nitrogens with zero attached hydrogens (tertiary/aromatic N) is 3. The number of hydrogen-bond donors (Lipinski definition) is 4. The van der Waals surface area contributed by atoms with Crippen molar-refractivity contribution in [2.24, 2.45) is 5.73 Å². The number of piperidine rings is 1. The minimum Gasteiger partial charge on any atom is -0.349 e. The van der Waals surface area contributed by atoms with E-state index in [1.807, 2.05) is 25.1 Å². The Morgan fingerprint density at radius 1 is 1.36 bits per heavy atom. The molecule has 1 fully saturated rings. The zero-order valence-corrected chi connectivity index (χ0v) is 15.4. The highest BCUT2D eigenvalue weighted by atomic mass is 16.2. The van der Waals surface area contributed by atoms with E-state index < -0.39 is 11.9 Å². The van der Waals surface area contributed by atoms with Crippen LogP contribution < -0.4 is 16.4 Å². The van der Waals surface area contributed by atoms with Gasteiger partial charge in [0.05, 0.1) is 6.04 Å². The topological polar surface area (TPSA) is 146 Å². The first kappa shape index (κ1) is 18.1. The molecule has 1 aromatic carbocycles. The zero-order chi connectivity index (χ0) is 19.8. The lowest BCUT2D eigenvalue weighted by atomic mass is 10.0. The van der Waals surface area contributed by atoms with Gasteiger partial charge in [-0.05, 0) is 30.5 Å². The van der Waals surface area contributed by atoms with Crippen molar-refractivity contribution in [2.45, 2.75) is 44.9 Å². The summed E-state index contributed by atoms with van der Waals surface area (Å²) >= 11 is 0. The van der Waals surface area contributed by atoms with Gasteiger partial charge < -0.3 is 16.0 Å². The number of benzene rings is 1. The van der Waals surface area contributed by atoms with Gasteiger partial charge in [-0.1, -0.05) is 12.1 Å². The minimum absolute atomic E-state index is 0.191. The van der Waals surface area contributed by atoms with Crippen molar-refractivity contribution in [1.82, 2.24) is 25.4 Å². The fourth-order valence-corrected chi connectivity index (χ4v) is 3.45. The van der Waals surface area contributed by atoms with Crippen LogP contribution in [0.3, 0.4) is 0 Å². The predicted molar refractivity (Wildman–Crippen MR) is 98.8 cm³/mol. The fourth-order valence-electron chi connectivity index (χ4n) is 3.45. The van der Waals surface area contributed by atoms with E-state index in [1.54, 1.807) is 0 Å². The van der Waals surface area contributed by atoms with Crippen molar-refractivity contribution < 1.29 is 14.4 Å². The van der Waals surface area contributed by atoms with Crippen molar-refractivity contribution in [3.63, 3.8) is 0 Å². The third kappa shape index (κ3) is 3.33. The first-order chi connectivity index (χ1) is 13.4. The molecule has 2 aromatic rings. The van der Waals surface area contributed by atoms with Gasteiger partial charge in [0.1, 0.15) is 11.9 Å². The van der Waals surface area contributed by atoms with Crippen LogP contribution in [0.15, 0.2) is 18.2 Å². The molecule has 146 valence electrons. The third-order valence-electron chi connectivity index (χ3n) is 4.98. The van der Waals surface area contributed by atoms with Gasteiger partial charge in [0.15, 0.2) is 0 Å². The molecule has 0 spiro atoms.